The highest BCUT2D eigenvalue weighted by Crippen LogP contribution is 2.19. The smallest absolute Gasteiger partial charge is 0.288 e. The third kappa shape index (κ3) is 3.11. The number of rotatable bonds is 4. The van der Waals surface area contributed by atoms with Gasteiger partial charge in [-0.05, 0) is 23.8 Å². The van der Waals surface area contributed by atoms with Crippen molar-refractivity contribution in [2.24, 2.45) is 0 Å². The van der Waals surface area contributed by atoms with Gasteiger partial charge in [0.25, 0.3) is 5.69 Å². The Labute approximate surface area is 115 Å². The molecule has 0 amide bonds. The summed E-state index contributed by atoms with van der Waals surface area (Å²) in [5.74, 6) is 0.727. The molecule has 0 saturated carbocycles. The molecule has 0 saturated heterocycles. The maximum atomic E-state index is 11.2. The number of hydrogen-bond donors (Lipinski definition) is 0. The molecule has 0 atom stereocenters. The van der Waals surface area contributed by atoms with E-state index in [0.29, 0.717) is 4.73 Å². The zero-order valence-corrected chi connectivity index (χ0v) is 10.7. The minimum atomic E-state index is -0.520. The van der Waals surface area contributed by atoms with E-state index in [0.717, 1.165) is 23.7 Å². The molecule has 2 rings (SSSR count). The molecule has 0 N–H and O–H groups in total. The lowest BCUT2D eigenvalue weighted by molar-refractivity contribution is -0.606. The summed E-state index contributed by atoms with van der Waals surface area (Å²) < 4.78 is 5.57. The summed E-state index contributed by atoms with van der Waals surface area (Å²) in [6, 6.07) is 8.38. The second-order valence-electron chi connectivity index (χ2n) is 4.01. The maximum absolute atomic E-state index is 11.2. The summed E-state index contributed by atoms with van der Waals surface area (Å²) in [5.41, 5.74) is 0.992. The molecule has 0 aliphatic carbocycles. The molecule has 1 aromatic heterocycles. The van der Waals surface area contributed by atoms with Gasteiger partial charge in [-0.15, -0.1) is 0 Å². The average molecular weight is 272 g/mol. The summed E-state index contributed by atoms with van der Waals surface area (Å²) in [6.07, 6.45) is 5.50. The Bertz CT molecular complexity index is 651. The van der Waals surface area contributed by atoms with Crippen LogP contribution < -0.4 is 9.47 Å². The highest BCUT2D eigenvalue weighted by Gasteiger charge is 2.14. The van der Waals surface area contributed by atoms with E-state index in [9.17, 15) is 15.3 Å². The van der Waals surface area contributed by atoms with Crippen molar-refractivity contribution in [1.82, 2.24) is 0 Å². The molecule has 102 valence electrons. The fourth-order valence-electron chi connectivity index (χ4n) is 1.68. The third-order valence-electron chi connectivity index (χ3n) is 2.71. The second kappa shape index (κ2) is 5.83. The van der Waals surface area contributed by atoms with Crippen LogP contribution in [0.2, 0.25) is 0 Å². The van der Waals surface area contributed by atoms with Crippen molar-refractivity contribution < 1.29 is 14.4 Å². The van der Waals surface area contributed by atoms with Gasteiger partial charge in [0, 0.05) is 0 Å². The first kappa shape index (κ1) is 13.5. The van der Waals surface area contributed by atoms with Crippen molar-refractivity contribution in [3.8, 4) is 5.75 Å². The van der Waals surface area contributed by atoms with Gasteiger partial charge in [0.1, 0.15) is 11.3 Å². The van der Waals surface area contributed by atoms with Crippen LogP contribution in [0, 0.1) is 15.3 Å². The largest absolute Gasteiger partial charge is 0.619 e. The molecule has 0 unspecified atom stereocenters. The van der Waals surface area contributed by atoms with Crippen LogP contribution in [0.15, 0.2) is 42.7 Å². The van der Waals surface area contributed by atoms with Crippen molar-refractivity contribution >= 4 is 17.8 Å². The molecule has 1 heterocycles. The van der Waals surface area contributed by atoms with Gasteiger partial charge in [-0.1, -0.05) is 18.2 Å². The third-order valence-corrected chi connectivity index (χ3v) is 2.71. The summed E-state index contributed by atoms with van der Waals surface area (Å²) in [5, 5.41) is 22.1. The van der Waals surface area contributed by atoms with E-state index >= 15 is 0 Å². The van der Waals surface area contributed by atoms with Crippen molar-refractivity contribution in [3.63, 3.8) is 0 Å². The number of ether oxygens (including phenoxy) is 1. The van der Waals surface area contributed by atoms with Crippen LogP contribution in [0.1, 0.15) is 11.1 Å². The minimum absolute atomic E-state index is 0.109. The van der Waals surface area contributed by atoms with E-state index in [1.54, 1.807) is 25.3 Å². The topological polar surface area (TPSA) is 79.3 Å². The molecule has 0 spiro atoms. The van der Waals surface area contributed by atoms with Gasteiger partial charge < -0.3 is 9.94 Å². The number of aromatic nitrogens is 1. The molecule has 0 aliphatic rings. The number of pyridine rings is 1. The predicted molar refractivity (Wildman–Crippen MR) is 74.0 cm³/mol. The number of benzene rings is 1. The molecular formula is C14H12N2O4. The Hall–Kier alpha value is -2.89. The average Bonchev–Trinajstić information content (AvgIpc) is 2.45. The highest BCUT2D eigenvalue weighted by molar-refractivity contribution is 5.73. The van der Waals surface area contributed by atoms with E-state index in [1.807, 2.05) is 12.1 Å². The van der Waals surface area contributed by atoms with Crippen molar-refractivity contribution in [2.75, 3.05) is 7.11 Å². The number of nitro groups is 1. The van der Waals surface area contributed by atoms with Crippen LogP contribution in [0.25, 0.3) is 12.2 Å². The molecule has 6 nitrogen and oxygen atoms in total. The Morgan fingerprint density at radius 3 is 2.50 bits per heavy atom. The van der Waals surface area contributed by atoms with Crippen LogP contribution in [0.3, 0.4) is 0 Å². The van der Waals surface area contributed by atoms with E-state index in [-0.39, 0.29) is 11.3 Å². The number of nitrogens with zero attached hydrogens (tertiary/aromatic N) is 2. The first-order chi connectivity index (χ1) is 9.60. The molecule has 1 aromatic carbocycles. The standard InChI is InChI=1S/C14H12N2O4/c1-20-13-6-3-11(4-7-13)2-5-12-10-15(17)9-8-14(12)16(18)19/h2-10H,1H3/b5-2-. The van der Waals surface area contributed by atoms with Crippen LogP contribution >= 0.6 is 0 Å². The number of hydrogen-bond acceptors (Lipinski definition) is 4. The monoisotopic (exact) mass is 272 g/mol. The van der Waals surface area contributed by atoms with E-state index < -0.39 is 4.92 Å². The van der Waals surface area contributed by atoms with Crippen molar-refractivity contribution in [2.45, 2.75) is 0 Å². The van der Waals surface area contributed by atoms with Gasteiger partial charge in [0.15, 0.2) is 12.4 Å². The summed E-state index contributed by atoms with van der Waals surface area (Å²) in [4.78, 5) is 10.4. The summed E-state index contributed by atoms with van der Waals surface area (Å²) in [6.45, 7) is 0. The van der Waals surface area contributed by atoms with Gasteiger partial charge in [0.2, 0.25) is 0 Å². The molecule has 2 aromatic rings. The Morgan fingerprint density at radius 2 is 1.90 bits per heavy atom. The Balaban J connectivity index is 2.30. The zero-order chi connectivity index (χ0) is 14.5. The van der Waals surface area contributed by atoms with Gasteiger partial charge in [0.05, 0.1) is 18.1 Å². The van der Waals surface area contributed by atoms with E-state index in [4.69, 9.17) is 4.74 Å². The first-order valence-corrected chi connectivity index (χ1v) is 5.79. The predicted octanol–water partition coefficient (Wildman–Crippen LogP) is 2.41. The lowest BCUT2D eigenvalue weighted by Crippen LogP contribution is -2.24. The normalized spacial score (nSPS) is 10.7. The maximum Gasteiger partial charge on any atom is 0.288 e. The van der Waals surface area contributed by atoms with Gasteiger partial charge >= 0.3 is 0 Å². The van der Waals surface area contributed by atoms with Gasteiger partial charge in [-0.3, -0.25) is 10.1 Å². The number of methoxy groups -OCH3 is 1. The quantitative estimate of drug-likeness (QED) is 0.370. The van der Waals surface area contributed by atoms with Gasteiger partial charge in [-0.2, -0.15) is 4.73 Å². The van der Waals surface area contributed by atoms with E-state index in [2.05, 4.69) is 0 Å². The van der Waals surface area contributed by atoms with Crippen LogP contribution in [0.4, 0.5) is 5.69 Å². The lowest BCUT2D eigenvalue weighted by Gasteiger charge is -2.00. The van der Waals surface area contributed by atoms with Crippen molar-refractivity contribution in [1.29, 1.82) is 0 Å². The summed E-state index contributed by atoms with van der Waals surface area (Å²) >= 11 is 0. The molecular weight excluding hydrogens is 260 g/mol. The second-order valence-corrected chi connectivity index (χ2v) is 4.01. The molecule has 0 aliphatic heterocycles. The molecule has 0 bridgehead atoms. The zero-order valence-electron chi connectivity index (χ0n) is 10.7. The fraction of sp³-hybridized carbons (Fsp3) is 0.0714. The highest BCUT2D eigenvalue weighted by atomic mass is 16.6. The molecule has 0 fully saturated rings. The van der Waals surface area contributed by atoms with E-state index in [1.165, 1.54) is 12.1 Å². The van der Waals surface area contributed by atoms with Gasteiger partial charge in [-0.25, -0.2) is 0 Å². The molecule has 6 heteroatoms. The van der Waals surface area contributed by atoms with Crippen LogP contribution in [-0.2, 0) is 0 Å². The van der Waals surface area contributed by atoms with Crippen molar-refractivity contribution in [3.05, 3.63) is 69.2 Å². The Kier molecular flexibility index (Phi) is 3.95. The molecule has 20 heavy (non-hydrogen) atoms. The lowest BCUT2D eigenvalue weighted by atomic mass is 10.1. The van der Waals surface area contributed by atoms with Crippen LogP contribution in [0.5, 0.6) is 5.75 Å². The first-order valence-electron chi connectivity index (χ1n) is 5.79. The molecule has 0 radical (unpaired) electrons. The SMILES string of the molecule is COc1ccc(/C=C\c2c[n+]([O-])ccc2[N+](=O)[O-])cc1. The summed E-state index contributed by atoms with van der Waals surface area (Å²) in [7, 11) is 1.57. The van der Waals surface area contributed by atoms with Crippen LogP contribution in [-0.4, -0.2) is 12.0 Å². The Morgan fingerprint density at radius 1 is 1.20 bits per heavy atom. The minimum Gasteiger partial charge on any atom is -0.619 e. The fourth-order valence-corrected chi connectivity index (χ4v) is 1.68.